The Morgan fingerprint density at radius 1 is 1.38 bits per heavy atom. The van der Waals surface area contributed by atoms with Crippen LogP contribution in [0.4, 0.5) is 0 Å². The average Bonchev–Trinajstić information content (AvgIpc) is 2.62. The third kappa shape index (κ3) is 1.69. The lowest BCUT2D eigenvalue weighted by atomic mass is 10.3. The number of ether oxygens (including phenoxy) is 2. The molecule has 2 aromatic rings. The van der Waals surface area contributed by atoms with Crippen LogP contribution in [0.15, 0.2) is 23.0 Å². The number of aromatic amines is 1. The maximum Gasteiger partial charge on any atom is 0.326 e. The summed E-state index contributed by atoms with van der Waals surface area (Å²) in [5.74, 6) is 0.687. The van der Waals surface area contributed by atoms with E-state index >= 15 is 0 Å². The second-order valence-electron chi connectivity index (χ2n) is 3.43. The Bertz CT molecular complexity index is 542. The van der Waals surface area contributed by atoms with Crippen LogP contribution in [0.5, 0.6) is 5.75 Å². The highest BCUT2D eigenvalue weighted by Crippen LogP contribution is 2.22. The fraction of sp³-hybridized carbons (Fsp3) is 0.364. The predicted molar refractivity (Wildman–Crippen MR) is 61.0 cm³/mol. The minimum Gasteiger partial charge on any atom is -0.494 e. The first-order valence-electron chi connectivity index (χ1n) is 5.02. The summed E-state index contributed by atoms with van der Waals surface area (Å²) in [6, 6.07) is 5.53. The topological polar surface area (TPSA) is 56.2 Å². The molecule has 0 amide bonds. The second-order valence-corrected chi connectivity index (χ2v) is 3.43. The number of methoxy groups -OCH3 is 2. The lowest BCUT2D eigenvalue weighted by Crippen LogP contribution is -2.19. The first-order valence-corrected chi connectivity index (χ1v) is 5.02. The van der Waals surface area contributed by atoms with Crippen molar-refractivity contribution >= 4 is 11.0 Å². The SMILES string of the molecule is COCCn1c(=O)[nH]c2cccc(OC)c21. The number of nitrogens with one attached hydrogen (secondary N) is 1. The molecule has 1 N–H and O–H groups in total. The third-order valence-corrected chi connectivity index (χ3v) is 2.49. The van der Waals surface area contributed by atoms with E-state index in [9.17, 15) is 4.79 Å². The van der Waals surface area contributed by atoms with Gasteiger partial charge in [-0.3, -0.25) is 4.57 Å². The number of rotatable bonds is 4. The molecule has 1 heterocycles. The largest absolute Gasteiger partial charge is 0.494 e. The fourth-order valence-corrected chi connectivity index (χ4v) is 1.75. The molecule has 86 valence electrons. The van der Waals surface area contributed by atoms with Crippen molar-refractivity contribution in [3.05, 3.63) is 28.7 Å². The van der Waals surface area contributed by atoms with Gasteiger partial charge in [0.1, 0.15) is 11.3 Å². The Kier molecular flexibility index (Phi) is 2.96. The summed E-state index contributed by atoms with van der Waals surface area (Å²) >= 11 is 0. The number of H-pyrrole nitrogens is 1. The van der Waals surface area contributed by atoms with E-state index in [4.69, 9.17) is 9.47 Å². The zero-order valence-corrected chi connectivity index (χ0v) is 9.32. The number of hydrogen-bond acceptors (Lipinski definition) is 3. The van der Waals surface area contributed by atoms with E-state index in [0.29, 0.717) is 18.9 Å². The molecule has 0 saturated heterocycles. The summed E-state index contributed by atoms with van der Waals surface area (Å²) < 4.78 is 11.8. The minimum absolute atomic E-state index is 0.142. The highest BCUT2D eigenvalue weighted by atomic mass is 16.5. The monoisotopic (exact) mass is 222 g/mol. The van der Waals surface area contributed by atoms with Gasteiger partial charge in [0.2, 0.25) is 0 Å². The molecule has 0 saturated carbocycles. The van der Waals surface area contributed by atoms with E-state index in [0.717, 1.165) is 11.0 Å². The molecule has 5 heteroatoms. The fourth-order valence-electron chi connectivity index (χ4n) is 1.75. The van der Waals surface area contributed by atoms with Gasteiger partial charge in [0, 0.05) is 7.11 Å². The van der Waals surface area contributed by atoms with Crippen molar-refractivity contribution in [2.45, 2.75) is 6.54 Å². The highest BCUT2D eigenvalue weighted by Gasteiger charge is 2.10. The molecule has 0 bridgehead atoms. The molecular weight excluding hydrogens is 208 g/mol. The lowest BCUT2D eigenvalue weighted by Gasteiger charge is -2.06. The van der Waals surface area contributed by atoms with Gasteiger partial charge in [0.05, 0.1) is 25.8 Å². The molecule has 2 rings (SSSR count). The molecule has 0 radical (unpaired) electrons. The molecule has 0 atom stereocenters. The van der Waals surface area contributed by atoms with E-state index in [1.807, 2.05) is 18.2 Å². The van der Waals surface area contributed by atoms with Crippen molar-refractivity contribution in [3.8, 4) is 5.75 Å². The van der Waals surface area contributed by atoms with Crippen LogP contribution in [0.3, 0.4) is 0 Å². The maximum absolute atomic E-state index is 11.7. The number of hydrogen-bond donors (Lipinski definition) is 1. The molecule has 0 aliphatic carbocycles. The van der Waals surface area contributed by atoms with Crippen LogP contribution < -0.4 is 10.4 Å². The van der Waals surface area contributed by atoms with E-state index in [1.54, 1.807) is 18.8 Å². The van der Waals surface area contributed by atoms with Gasteiger partial charge >= 0.3 is 5.69 Å². The van der Waals surface area contributed by atoms with Crippen LogP contribution in [-0.4, -0.2) is 30.4 Å². The van der Waals surface area contributed by atoms with Crippen LogP contribution in [-0.2, 0) is 11.3 Å². The number of imidazole rings is 1. The Balaban J connectivity index is 2.61. The van der Waals surface area contributed by atoms with Crippen LogP contribution in [0.2, 0.25) is 0 Å². The summed E-state index contributed by atoms with van der Waals surface area (Å²) in [5.41, 5.74) is 1.42. The number of fused-ring (bicyclic) bond motifs is 1. The number of para-hydroxylation sites is 1. The van der Waals surface area contributed by atoms with Gasteiger partial charge in [-0.1, -0.05) is 6.07 Å². The molecule has 1 aromatic carbocycles. The first-order chi connectivity index (χ1) is 7.77. The molecule has 0 aliphatic heterocycles. The molecular formula is C11H14N2O3. The van der Waals surface area contributed by atoms with Crippen LogP contribution >= 0.6 is 0 Å². The van der Waals surface area contributed by atoms with Crippen molar-refractivity contribution in [3.63, 3.8) is 0 Å². The van der Waals surface area contributed by atoms with Gasteiger partial charge in [-0.25, -0.2) is 4.79 Å². The molecule has 0 spiro atoms. The van der Waals surface area contributed by atoms with E-state index in [-0.39, 0.29) is 5.69 Å². The van der Waals surface area contributed by atoms with Crippen molar-refractivity contribution in [2.75, 3.05) is 20.8 Å². The zero-order chi connectivity index (χ0) is 11.5. The molecule has 0 fully saturated rings. The van der Waals surface area contributed by atoms with Crippen molar-refractivity contribution < 1.29 is 9.47 Å². The number of benzene rings is 1. The predicted octanol–water partition coefficient (Wildman–Crippen LogP) is 0.985. The summed E-state index contributed by atoms with van der Waals surface area (Å²) in [4.78, 5) is 14.5. The third-order valence-electron chi connectivity index (χ3n) is 2.49. The number of aromatic nitrogens is 2. The van der Waals surface area contributed by atoms with Gasteiger partial charge in [-0.15, -0.1) is 0 Å². The highest BCUT2D eigenvalue weighted by molar-refractivity contribution is 5.81. The normalized spacial score (nSPS) is 10.9. The summed E-state index contributed by atoms with van der Waals surface area (Å²) in [7, 11) is 3.20. The van der Waals surface area contributed by atoms with Gasteiger partial charge in [0.15, 0.2) is 0 Å². The molecule has 1 aromatic heterocycles. The second kappa shape index (κ2) is 4.40. The van der Waals surface area contributed by atoms with E-state index < -0.39 is 0 Å². The Morgan fingerprint density at radius 3 is 2.88 bits per heavy atom. The minimum atomic E-state index is -0.142. The van der Waals surface area contributed by atoms with E-state index in [2.05, 4.69) is 4.98 Å². The lowest BCUT2D eigenvalue weighted by molar-refractivity contribution is 0.187. The van der Waals surface area contributed by atoms with Crippen molar-refractivity contribution in [2.24, 2.45) is 0 Å². The Morgan fingerprint density at radius 2 is 2.19 bits per heavy atom. The van der Waals surface area contributed by atoms with Gasteiger partial charge < -0.3 is 14.5 Å². The maximum atomic E-state index is 11.7. The quantitative estimate of drug-likeness (QED) is 0.839. The standard InChI is InChI=1S/C11H14N2O3/c1-15-7-6-13-10-8(12-11(13)14)4-3-5-9(10)16-2/h3-5H,6-7H2,1-2H3,(H,12,14). The first kappa shape index (κ1) is 10.8. The van der Waals surface area contributed by atoms with Gasteiger partial charge in [0.25, 0.3) is 0 Å². The smallest absolute Gasteiger partial charge is 0.326 e. The zero-order valence-electron chi connectivity index (χ0n) is 9.32. The average molecular weight is 222 g/mol. The molecule has 5 nitrogen and oxygen atoms in total. The van der Waals surface area contributed by atoms with Crippen LogP contribution in [0.1, 0.15) is 0 Å². The summed E-state index contributed by atoms with van der Waals surface area (Å²) in [6.07, 6.45) is 0. The molecule has 0 aliphatic rings. The summed E-state index contributed by atoms with van der Waals surface area (Å²) in [5, 5.41) is 0. The van der Waals surface area contributed by atoms with Crippen molar-refractivity contribution in [1.29, 1.82) is 0 Å². The Hall–Kier alpha value is -1.75. The molecule has 16 heavy (non-hydrogen) atoms. The van der Waals surface area contributed by atoms with Gasteiger partial charge in [-0.2, -0.15) is 0 Å². The van der Waals surface area contributed by atoms with Gasteiger partial charge in [-0.05, 0) is 12.1 Å². The van der Waals surface area contributed by atoms with E-state index in [1.165, 1.54) is 0 Å². The van der Waals surface area contributed by atoms with Crippen LogP contribution in [0, 0.1) is 0 Å². The summed E-state index contributed by atoms with van der Waals surface area (Å²) in [6.45, 7) is 1.00. The number of nitrogens with zero attached hydrogens (tertiary/aromatic N) is 1. The molecule has 0 unspecified atom stereocenters. The Labute approximate surface area is 92.6 Å². The van der Waals surface area contributed by atoms with Crippen molar-refractivity contribution in [1.82, 2.24) is 9.55 Å². The van der Waals surface area contributed by atoms with Crippen LogP contribution in [0.25, 0.3) is 11.0 Å².